The van der Waals surface area contributed by atoms with Gasteiger partial charge >= 0.3 is 0 Å². The molecule has 0 amide bonds. The van der Waals surface area contributed by atoms with E-state index >= 15 is 0 Å². The molecule has 2 heteroatoms. The lowest BCUT2D eigenvalue weighted by Gasteiger charge is -2.17. The SMILES string of the molecule is CC[C@@H](C)N[C@H]1CCN(C)C1. The van der Waals surface area contributed by atoms with Crippen LogP contribution in [0.4, 0.5) is 0 Å². The summed E-state index contributed by atoms with van der Waals surface area (Å²) in [7, 11) is 2.19. The molecule has 66 valence electrons. The van der Waals surface area contributed by atoms with Crippen molar-refractivity contribution in [3.63, 3.8) is 0 Å². The lowest BCUT2D eigenvalue weighted by Crippen LogP contribution is -2.37. The topological polar surface area (TPSA) is 15.3 Å². The Morgan fingerprint density at radius 1 is 1.64 bits per heavy atom. The summed E-state index contributed by atoms with van der Waals surface area (Å²) in [5.41, 5.74) is 0. The number of likely N-dealkylation sites (tertiary alicyclic amines) is 1. The van der Waals surface area contributed by atoms with Crippen LogP contribution in [0.5, 0.6) is 0 Å². The molecule has 0 aromatic heterocycles. The monoisotopic (exact) mass is 156 g/mol. The van der Waals surface area contributed by atoms with E-state index in [2.05, 4.69) is 31.1 Å². The summed E-state index contributed by atoms with van der Waals surface area (Å²) >= 11 is 0. The van der Waals surface area contributed by atoms with E-state index in [-0.39, 0.29) is 0 Å². The summed E-state index contributed by atoms with van der Waals surface area (Å²) in [5, 5.41) is 3.62. The predicted molar refractivity (Wildman–Crippen MR) is 48.8 cm³/mol. The molecular weight excluding hydrogens is 136 g/mol. The molecule has 0 bridgehead atoms. The fraction of sp³-hybridized carbons (Fsp3) is 1.00. The highest BCUT2D eigenvalue weighted by atomic mass is 15.2. The molecule has 0 aliphatic carbocycles. The van der Waals surface area contributed by atoms with Gasteiger partial charge in [-0.05, 0) is 33.4 Å². The highest BCUT2D eigenvalue weighted by Gasteiger charge is 2.19. The van der Waals surface area contributed by atoms with Gasteiger partial charge in [0.25, 0.3) is 0 Å². The zero-order valence-corrected chi connectivity index (χ0v) is 7.93. The van der Waals surface area contributed by atoms with Crippen molar-refractivity contribution < 1.29 is 0 Å². The Kier molecular flexibility index (Phi) is 3.34. The van der Waals surface area contributed by atoms with Gasteiger partial charge in [0.15, 0.2) is 0 Å². The molecule has 1 rings (SSSR count). The number of nitrogens with zero attached hydrogens (tertiary/aromatic N) is 1. The van der Waals surface area contributed by atoms with Crippen LogP contribution in [0.25, 0.3) is 0 Å². The number of nitrogens with one attached hydrogen (secondary N) is 1. The summed E-state index contributed by atoms with van der Waals surface area (Å²) in [5.74, 6) is 0. The highest BCUT2D eigenvalue weighted by Crippen LogP contribution is 2.07. The summed E-state index contributed by atoms with van der Waals surface area (Å²) < 4.78 is 0. The van der Waals surface area contributed by atoms with Gasteiger partial charge in [0.05, 0.1) is 0 Å². The first-order chi connectivity index (χ1) is 5.22. The Morgan fingerprint density at radius 3 is 2.82 bits per heavy atom. The van der Waals surface area contributed by atoms with E-state index in [0.717, 1.165) is 6.04 Å². The Labute approximate surface area is 70.0 Å². The van der Waals surface area contributed by atoms with Crippen LogP contribution in [0.3, 0.4) is 0 Å². The fourth-order valence-electron chi connectivity index (χ4n) is 1.59. The van der Waals surface area contributed by atoms with Crippen molar-refractivity contribution in [3.05, 3.63) is 0 Å². The number of likely N-dealkylation sites (N-methyl/N-ethyl adjacent to an activating group) is 1. The maximum atomic E-state index is 3.62. The average molecular weight is 156 g/mol. The third-order valence-corrected chi connectivity index (χ3v) is 2.52. The molecule has 2 nitrogen and oxygen atoms in total. The van der Waals surface area contributed by atoms with E-state index in [9.17, 15) is 0 Å². The third-order valence-electron chi connectivity index (χ3n) is 2.52. The molecule has 0 aromatic carbocycles. The second-order valence-electron chi connectivity index (χ2n) is 3.72. The van der Waals surface area contributed by atoms with Crippen molar-refractivity contribution in [2.75, 3.05) is 20.1 Å². The molecular formula is C9H20N2. The molecule has 11 heavy (non-hydrogen) atoms. The van der Waals surface area contributed by atoms with E-state index < -0.39 is 0 Å². The minimum atomic E-state index is 0.687. The van der Waals surface area contributed by atoms with Gasteiger partial charge in [-0.25, -0.2) is 0 Å². The predicted octanol–water partition coefficient (Wildman–Crippen LogP) is 1.08. The van der Waals surface area contributed by atoms with Gasteiger partial charge in [-0.1, -0.05) is 6.92 Å². The maximum absolute atomic E-state index is 3.62. The quantitative estimate of drug-likeness (QED) is 0.658. The lowest BCUT2D eigenvalue weighted by molar-refractivity contribution is 0.383. The molecule has 0 aromatic rings. The van der Waals surface area contributed by atoms with E-state index in [0.29, 0.717) is 6.04 Å². The Balaban J connectivity index is 2.17. The van der Waals surface area contributed by atoms with Crippen LogP contribution >= 0.6 is 0 Å². The molecule has 0 unspecified atom stereocenters. The summed E-state index contributed by atoms with van der Waals surface area (Å²) in [6.07, 6.45) is 2.56. The smallest absolute Gasteiger partial charge is 0.0209 e. The van der Waals surface area contributed by atoms with Gasteiger partial charge in [0, 0.05) is 18.6 Å². The van der Waals surface area contributed by atoms with Gasteiger partial charge in [0.1, 0.15) is 0 Å². The Morgan fingerprint density at radius 2 is 2.36 bits per heavy atom. The molecule has 0 saturated carbocycles. The first kappa shape index (κ1) is 9.01. The van der Waals surface area contributed by atoms with E-state index in [1.807, 2.05) is 0 Å². The van der Waals surface area contributed by atoms with Gasteiger partial charge < -0.3 is 10.2 Å². The minimum Gasteiger partial charge on any atom is -0.310 e. The van der Waals surface area contributed by atoms with Gasteiger partial charge in [-0.2, -0.15) is 0 Å². The third kappa shape index (κ3) is 2.80. The maximum Gasteiger partial charge on any atom is 0.0209 e. The Hall–Kier alpha value is -0.0800. The van der Waals surface area contributed by atoms with Crippen LogP contribution < -0.4 is 5.32 Å². The second-order valence-corrected chi connectivity index (χ2v) is 3.72. The fourth-order valence-corrected chi connectivity index (χ4v) is 1.59. The minimum absolute atomic E-state index is 0.687. The van der Waals surface area contributed by atoms with Crippen molar-refractivity contribution in [3.8, 4) is 0 Å². The summed E-state index contributed by atoms with van der Waals surface area (Å²) in [6, 6.07) is 1.43. The zero-order valence-electron chi connectivity index (χ0n) is 7.93. The molecule has 1 heterocycles. The van der Waals surface area contributed by atoms with Crippen LogP contribution in [-0.2, 0) is 0 Å². The summed E-state index contributed by atoms with van der Waals surface area (Å²) in [4.78, 5) is 2.39. The molecule has 1 fully saturated rings. The molecule has 0 spiro atoms. The van der Waals surface area contributed by atoms with Gasteiger partial charge in [0.2, 0.25) is 0 Å². The molecule has 1 N–H and O–H groups in total. The van der Waals surface area contributed by atoms with Crippen LogP contribution in [0, 0.1) is 0 Å². The number of hydrogen-bond donors (Lipinski definition) is 1. The molecule has 1 aliphatic rings. The first-order valence-electron chi connectivity index (χ1n) is 4.67. The molecule has 1 aliphatic heterocycles. The molecule has 1 saturated heterocycles. The van der Waals surface area contributed by atoms with E-state index in [1.165, 1.54) is 25.9 Å². The normalized spacial score (nSPS) is 29.2. The number of rotatable bonds is 3. The van der Waals surface area contributed by atoms with Crippen molar-refractivity contribution in [1.82, 2.24) is 10.2 Å². The Bertz CT molecular complexity index is 114. The standard InChI is InChI=1S/C9H20N2/c1-4-8(2)10-9-5-6-11(3)7-9/h8-10H,4-7H2,1-3H3/t8-,9+/m1/s1. The first-order valence-corrected chi connectivity index (χ1v) is 4.67. The largest absolute Gasteiger partial charge is 0.310 e. The van der Waals surface area contributed by atoms with Crippen molar-refractivity contribution >= 4 is 0 Å². The van der Waals surface area contributed by atoms with Crippen LogP contribution in [0.15, 0.2) is 0 Å². The summed E-state index contributed by atoms with van der Waals surface area (Å²) in [6.45, 7) is 6.98. The second kappa shape index (κ2) is 4.07. The van der Waals surface area contributed by atoms with Gasteiger partial charge in [-0.15, -0.1) is 0 Å². The van der Waals surface area contributed by atoms with Gasteiger partial charge in [-0.3, -0.25) is 0 Å². The van der Waals surface area contributed by atoms with Crippen LogP contribution in [-0.4, -0.2) is 37.1 Å². The van der Waals surface area contributed by atoms with Crippen molar-refractivity contribution in [2.24, 2.45) is 0 Å². The molecule has 0 radical (unpaired) electrons. The van der Waals surface area contributed by atoms with Crippen molar-refractivity contribution in [2.45, 2.75) is 38.8 Å². The lowest BCUT2D eigenvalue weighted by atomic mass is 10.2. The van der Waals surface area contributed by atoms with E-state index in [4.69, 9.17) is 0 Å². The highest BCUT2D eigenvalue weighted by molar-refractivity contribution is 4.80. The van der Waals surface area contributed by atoms with E-state index in [1.54, 1.807) is 0 Å². The number of hydrogen-bond acceptors (Lipinski definition) is 2. The van der Waals surface area contributed by atoms with Crippen molar-refractivity contribution in [1.29, 1.82) is 0 Å². The average Bonchev–Trinajstić information content (AvgIpc) is 2.35. The molecule has 2 atom stereocenters. The zero-order chi connectivity index (χ0) is 8.27. The van der Waals surface area contributed by atoms with Crippen LogP contribution in [0.1, 0.15) is 26.7 Å². The van der Waals surface area contributed by atoms with Crippen LogP contribution in [0.2, 0.25) is 0 Å².